The fourth-order valence-corrected chi connectivity index (χ4v) is 3.19. The zero-order valence-electron chi connectivity index (χ0n) is 17.9. The first kappa shape index (κ1) is 22.8. The maximum Gasteiger partial charge on any atom is 0.335 e. The van der Waals surface area contributed by atoms with Crippen LogP contribution >= 0.6 is 0 Å². The highest BCUT2D eigenvalue weighted by Crippen LogP contribution is 2.29. The number of aryl methyl sites for hydroxylation is 1. The van der Waals surface area contributed by atoms with Crippen molar-refractivity contribution < 1.29 is 18.7 Å². The van der Waals surface area contributed by atoms with Crippen LogP contribution < -0.4 is 4.74 Å². The van der Waals surface area contributed by atoms with Crippen molar-refractivity contribution in [3.63, 3.8) is 0 Å². The van der Waals surface area contributed by atoms with E-state index in [9.17, 15) is 9.18 Å². The highest BCUT2D eigenvalue weighted by atomic mass is 19.1. The first-order valence-electron chi connectivity index (χ1n) is 10.3. The number of carbonyl (C=O) groups is 1. The Morgan fingerprint density at radius 1 is 0.875 bits per heavy atom. The lowest BCUT2D eigenvalue weighted by atomic mass is 9.98. The second kappa shape index (κ2) is 10.9. The number of hydrogen-bond donors (Lipinski definition) is 0. The predicted octanol–water partition coefficient (Wildman–Crippen LogP) is 6.90. The Labute approximate surface area is 188 Å². The molecule has 0 unspecified atom stereocenters. The molecule has 3 rings (SSSR count). The monoisotopic (exact) mass is 428 g/mol. The van der Waals surface area contributed by atoms with E-state index in [4.69, 9.17) is 9.47 Å². The lowest BCUT2D eigenvalue weighted by Gasteiger charge is -2.09. The second-order valence-electron chi connectivity index (χ2n) is 7.16. The van der Waals surface area contributed by atoms with Gasteiger partial charge in [0.15, 0.2) is 0 Å². The molecule has 4 heteroatoms. The van der Waals surface area contributed by atoms with E-state index in [1.54, 1.807) is 36.4 Å². The van der Waals surface area contributed by atoms with E-state index in [1.807, 2.05) is 30.3 Å². The third-order valence-electron chi connectivity index (χ3n) is 4.93. The Bertz CT molecular complexity index is 1110. The highest BCUT2D eigenvalue weighted by Gasteiger charge is 2.09. The highest BCUT2D eigenvalue weighted by molar-refractivity contribution is 5.83. The van der Waals surface area contributed by atoms with Gasteiger partial charge in [-0.1, -0.05) is 68.3 Å². The Balaban J connectivity index is 1.65. The maximum absolute atomic E-state index is 14.8. The van der Waals surface area contributed by atoms with Crippen LogP contribution in [0.4, 0.5) is 4.39 Å². The first-order valence-corrected chi connectivity index (χ1v) is 10.3. The van der Waals surface area contributed by atoms with Crippen LogP contribution in [-0.2, 0) is 16.0 Å². The van der Waals surface area contributed by atoms with Gasteiger partial charge in [-0.05, 0) is 59.4 Å². The van der Waals surface area contributed by atoms with Crippen LogP contribution in [0.2, 0.25) is 0 Å². The molecule has 0 saturated heterocycles. The number of hydrogen-bond acceptors (Lipinski definition) is 3. The van der Waals surface area contributed by atoms with Gasteiger partial charge in [0.2, 0.25) is 0 Å². The number of rotatable bonds is 10. The van der Waals surface area contributed by atoms with Crippen LogP contribution in [0, 0.1) is 5.82 Å². The molecule has 0 saturated carbocycles. The average Bonchev–Trinajstić information content (AvgIpc) is 2.82. The second-order valence-corrected chi connectivity index (χ2v) is 7.16. The van der Waals surface area contributed by atoms with Gasteiger partial charge in [-0.2, -0.15) is 0 Å². The summed E-state index contributed by atoms with van der Waals surface area (Å²) in [5.74, 6) is 0.110. The molecule has 32 heavy (non-hydrogen) atoms. The van der Waals surface area contributed by atoms with Crippen LogP contribution in [0.15, 0.2) is 104 Å². The van der Waals surface area contributed by atoms with Crippen molar-refractivity contribution in [1.82, 2.24) is 0 Å². The lowest BCUT2D eigenvalue weighted by molar-refractivity contribution is -0.128. The van der Waals surface area contributed by atoms with Crippen LogP contribution in [-0.4, -0.2) is 12.6 Å². The Morgan fingerprint density at radius 3 is 2.16 bits per heavy atom. The summed E-state index contributed by atoms with van der Waals surface area (Å²) in [6, 6.07) is 20.0. The van der Waals surface area contributed by atoms with E-state index in [0.29, 0.717) is 29.2 Å². The summed E-state index contributed by atoms with van der Waals surface area (Å²) in [5.41, 5.74) is 4.12. The van der Waals surface area contributed by atoms with Crippen LogP contribution in [0.25, 0.3) is 22.3 Å². The maximum atomic E-state index is 14.8. The summed E-state index contributed by atoms with van der Waals surface area (Å²) in [7, 11) is 0. The number of allylic oxidation sites excluding steroid dienone is 1. The van der Waals surface area contributed by atoms with E-state index in [1.165, 1.54) is 11.6 Å². The molecule has 0 bridgehead atoms. The summed E-state index contributed by atoms with van der Waals surface area (Å²) >= 11 is 0. The van der Waals surface area contributed by atoms with Crippen molar-refractivity contribution in [2.45, 2.75) is 12.8 Å². The predicted molar refractivity (Wildman–Crippen MR) is 127 cm³/mol. The quantitative estimate of drug-likeness (QED) is 0.0880. The van der Waals surface area contributed by atoms with Gasteiger partial charge in [0.25, 0.3) is 0 Å². The lowest BCUT2D eigenvalue weighted by Crippen LogP contribution is -2.02. The smallest absolute Gasteiger partial charge is 0.335 e. The van der Waals surface area contributed by atoms with E-state index >= 15 is 0 Å². The van der Waals surface area contributed by atoms with E-state index in [2.05, 4.69) is 19.7 Å². The average molecular weight is 429 g/mol. The molecule has 0 radical (unpaired) electrons. The zero-order chi connectivity index (χ0) is 22.9. The first-order chi connectivity index (χ1) is 15.5. The summed E-state index contributed by atoms with van der Waals surface area (Å²) in [6.45, 7) is 11.3. The standard InChI is InChI=1S/C28H25FO3/c1-4-20(3)31-18-6-7-21-8-10-22(11-9-21)24-14-17-26(27(29)19-24)23-12-15-25(16-13-23)32-28(30)5-2/h4-5,8-17,19H,1-3,6-7,18H2. The van der Waals surface area contributed by atoms with Crippen molar-refractivity contribution >= 4 is 5.97 Å². The molecule has 0 aromatic heterocycles. The van der Waals surface area contributed by atoms with E-state index < -0.39 is 5.97 Å². The molecule has 0 N–H and O–H groups in total. The number of carbonyl (C=O) groups excluding carboxylic acids is 1. The summed E-state index contributed by atoms with van der Waals surface area (Å²) in [6.07, 6.45) is 4.45. The van der Waals surface area contributed by atoms with Crippen molar-refractivity contribution in [2.24, 2.45) is 0 Å². The Kier molecular flexibility index (Phi) is 7.76. The van der Waals surface area contributed by atoms with Gasteiger partial charge < -0.3 is 9.47 Å². The van der Waals surface area contributed by atoms with Crippen molar-refractivity contribution in [1.29, 1.82) is 0 Å². The third kappa shape index (κ3) is 6.05. The van der Waals surface area contributed by atoms with Gasteiger partial charge in [0, 0.05) is 11.6 Å². The summed E-state index contributed by atoms with van der Waals surface area (Å²) in [5, 5.41) is 0. The third-order valence-corrected chi connectivity index (χ3v) is 4.93. The molecule has 3 nitrogen and oxygen atoms in total. The molecular weight excluding hydrogens is 403 g/mol. The molecule has 3 aromatic rings. The molecule has 162 valence electrons. The molecule has 0 atom stereocenters. The fourth-order valence-electron chi connectivity index (χ4n) is 3.19. The SMILES string of the molecule is C=CC(=C)OCCCc1ccc(-c2ccc(-c3ccc(OC(=O)C=C)cc3)c(F)c2)cc1. The normalized spacial score (nSPS) is 10.3. The van der Waals surface area contributed by atoms with Gasteiger partial charge in [0.05, 0.1) is 6.61 Å². The number of esters is 1. The van der Waals surface area contributed by atoms with Crippen LogP contribution in [0.5, 0.6) is 5.75 Å². The topological polar surface area (TPSA) is 35.5 Å². The van der Waals surface area contributed by atoms with E-state index in [0.717, 1.165) is 30.0 Å². The van der Waals surface area contributed by atoms with Crippen molar-refractivity contribution in [2.75, 3.05) is 6.61 Å². The molecule has 0 heterocycles. The van der Waals surface area contributed by atoms with Gasteiger partial charge in [-0.3, -0.25) is 0 Å². The van der Waals surface area contributed by atoms with Crippen molar-refractivity contribution in [3.8, 4) is 28.0 Å². The molecule has 0 amide bonds. The number of ether oxygens (including phenoxy) is 2. The summed E-state index contributed by atoms with van der Waals surface area (Å²) < 4.78 is 25.3. The minimum atomic E-state index is -0.536. The van der Waals surface area contributed by atoms with E-state index in [-0.39, 0.29) is 5.82 Å². The summed E-state index contributed by atoms with van der Waals surface area (Å²) in [4.78, 5) is 11.3. The molecule has 0 aliphatic heterocycles. The molecule has 3 aromatic carbocycles. The van der Waals surface area contributed by atoms with Gasteiger partial charge in [-0.15, -0.1) is 0 Å². The largest absolute Gasteiger partial charge is 0.494 e. The van der Waals surface area contributed by atoms with Crippen molar-refractivity contribution in [3.05, 3.63) is 116 Å². The molecule has 0 aliphatic carbocycles. The van der Waals surface area contributed by atoms with Crippen LogP contribution in [0.3, 0.4) is 0 Å². The fraction of sp³-hybridized carbons (Fsp3) is 0.107. The zero-order valence-corrected chi connectivity index (χ0v) is 17.9. The van der Waals surface area contributed by atoms with Crippen LogP contribution in [0.1, 0.15) is 12.0 Å². The van der Waals surface area contributed by atoms with Gasteiger partial charge >= 0.3 is 5.97 Å². The number of halogens is 1. The Hall–Kier alpha value is -3.92. The van der Waals surface area contributed by atoms with Gasteiger partial charge in [-0.25, -0.2) is 9.18 Å². The van der Waals surface area contributed by atoms with Gasteiger partial charge in [0.1, 0.15) is 17.3 Å². The molecule has 0 fully saturated rings. The molecule has 0 spiro atoms. The number of benzene rings is 3. The minimum absolute atomic E-state index is 0.318. The minimum Gasteiger partial charge on any atom is -0.494 e. The Morgan fingerprint density at radius 2 is 1.53 bits per heavy atom. The molecule has 0 aliphatic rings. The molecular formula is C28H25FO3.